The Balaban J connectivity index is 2.07. The highest BCUT2D eigenvalue weighted by molar-refractivity contribution is 6.62. The Bertz CT molecular complexity index is 1410. The van der Waals surface area contributed by atoms with Crippen LogP contribution < -0.4 is 10.2 Å². The number of alkyl halides is 2. The number of imidazole rings is 1. The fourth-order valence-electron chi connectivity index (χ4n) is 4.65. The van der Waals surface area contributed by atoms with Crippen molar-refractivity contribution in [3.05, 3.63) is 47.5 Å². The number of aliphatic hydroxyl groups is 3. The topological polar surface area (TPSA) is 127 Å². The summed E-state index contributed by atoms with van der Waals surface area (Å²) in [5.74, 6) is -1.14. The number of halogens is 3. The van der Waals surface area contributed by atoms with Gasteiger partial charge in [-0.25, -0.2) is 14.3 Å². The van der Waals surface area contributed by atoms with Crippen LogP contribution in [0, 0.1) is 5.82 Å². The fraction of sp³-hybridized carbons (Fsp3) is 0.462. The monoisotopic (exact) mass is 565 g/mol. The lowest BCUT2D eigenvalue weighted by molar-refractivity contribution is -0.396. The third kappa shape index (κ3) is 5.22. The van der Waals surface area contributed by atoms with Gasteiger partial charge < -0.3 is 29.4 Å². The minimum atomic E-state index is -3.30. The van der Waals surface area contributed by atoms with E-state index in [0.29, 0.717) is 6.29 Å². The van der Waals surface area contributed by atoms with Gasteiger partial charge in [-0.1, -0.05) is 13.0 Å². The maximum absolute atomic E-state index is 15.5. The van der Waals surface area contributed by atoms with Crippen molar-refractivity contribution in [2.24, 2.45) is 0 Å². The molecule has 10 nitrogen and oxygen atoms in total. The van der Waals surface area contributed by atoms with Gasteiger partial charge in [-0.3, -0.25) is 9.36 Å². The predicted octanol–water partition coefficient (Wildman–Crippen LogP) is 2.85. The van der Waals surface area contributed by atoms with E-state index in [0.717, 1.165) is 11.0 Å². The van der Waals surface area contributed by atoms with E-state index in [-0.39, 0.29) is 45.7 Å². The highest BCUT2D eigenvalue weighted by atomic mass is 19.3. The van der Waals surface area contributed by atoms with Crippen molar-refractivity contribution >= 4 is 29.9 Å². The van der Waals surface area contributed by atoms with E-state index in [1.54, 1.807) is 34.6 Å². The molecule has 0 bridgehead atoms. The number of benzene rings is 2. The van der Waals surface area contributed by atoms with E-state index in [1.165, 1.54) is 35.9 Å². The molecule has 1 atom stereocenters. The summed E-state index contributed by atoms with van der Waals surface area (Å²) >= 11 is 0. The number of hydrogen-bond donors (Lipinski definition) is 3. The van der Waals surface area contributed by atoms with E-state index >= 15 is 4.39 Å². The number of ether oxygens (including phenoxy) is 1. The lowest BCUT2D eigenvalue weighted by Crippen LogP contribution is -2.48. The molecule has 0 saturated carbocycles. The summed E-state index contributed by atoms with van der Waals surface area (Å²) in [5, 5.41) is 29.7. The standard InChI is InChI=1S/C26H31BF3N3O7/c1-7-18(32(6)26(35,36)37)22-31-17-12-16(28)15(27-39-24(2,3)25(4,5)40-27)11-19(17)33(22)21-14(13-34)9-8-10-20(21)38-23(29)30/h8-13,18,23,35-37H,7H2,1-6H3/t18-/m1/s1. The van der Waals surface area contributed by atoms with Gasteiger partial charge in [0.25, 0.3) is 0 Å². The molecule has 3 N–H and O–H groups in total. The summed E-state index contributed by atoms with van der Waals surface area (Å²) in [7, 11) is 0.0556. The number of aldehydes is 1. The zero-order chi connectivity index (χ0) is 29.8. The maximum atomic E-state index is 15.5. The van der Waals surface area contributed by atoms with Crippen molar-refractivity contribution in [3.8, 4) is 11.4 Å². The van der Waals surface area contributed by atoms with E-state index in [1.807, 2.05) is 0 Å². The number of carbonyl (C=O) groups excluding carboxylic acids is 1. The number of rotatable bonds is 9. The lowest BCUT2D eigenvalue weighted by atomic mass is 9.78. The van der Waals surface area contributed by atoms with Crippen LogP contribution in [0.15, 0.2) is 30.3 Å². The van der Waals surface area contributed by atoms with Gasteiger partial charge in [-0.15, -0.1) is 0 Å². The largest absolute Gasteiger partial charge is 0.497 e. The zero-order valence-electron chi connectivity index (χ0n) is 22.9. The molecule has 0 spiro atoms. The van der Waals surface area contributed by atoms with Crippen LogP contribution in [-0.4, -0.2) is 74.1 Å². The number of carbonyl (C=O) groups is 1. The Morgan fingerprint density at radius 3 is 2.33 bits per heavy atom. The Hall–Kier alpha value is -3.01. The zero-order valence-corrected chi connectivity index (χ0v) is 22.9. The Morgan fingerprint density at radius 1 is 1.18 bits per heavy atom. The van der Waals surface area contributed by atoms with Crippen LogP contribution in [0.5, 0.6) is 5.75 Å². The van der Waals surface area contributed by atoms with E-state index in [4.69, 9.17) is 14.0 Å². The highest BCUT2D eigenvalue weighted by Gasteiger charge is 2.52. The van der Waals surface area contributed by atoms with Crippen LogP contribution in [0.3, 0.4) is 0 Å². The van der Waals surface area contributed by atoms with E-state index in [2.05, 4.69) is 4.98 Å². The molecular formula is C26H31BF3N3O7. The first-order chi connectivity index (χ1) is 18.5. The molecule has 1 saturated heterocycles. The molecule has 1 aliphatic rings. The molecule has 14 heteroatoms. The molecule has 40 heavy (non-hydrogen) atoms. The second-order valence-corrected chi connectivity index (χ2v) is 10.6. The second kappa shape index (κ2) is 10.4. The summed E-state index contributed by atoms with van der Waals surface area (Å²) in [6.07, 6.45) is -2.75. The minimum Gasteiger partial charge on any atom is -0.433 e. The molecule has 2 aromatic carbocycles. The van der Waals surface area contributed by atoms with Gasteiger partial charge in [-0.2, -0.15) is 8.78 Å². The van der Waals surface area contributed by atoms with Crippen molar-refractivity contribution in [2.45, 2.75) is 71.0 Å². The Kier molecular flexibility index (Phi) is 7.82. The van der Waals surface area contributed by atoms with Crippen molar-refractivity contribution < 1.29 is 47.3 Å². The molecular weight excluding hydrogens is 534 g/mol. The third-order valence-electron chi connectivity index (χ3n) is 7.53. The van der Waals surface area contributed by atoms with Crippen LogP contribution in [0.2, 0.25) is 0 Å². The quantitative estimate of drug-likeness (QED) is 0.204. The molecule has 3 aromatic rings. The molecule has 1 aliphatic heterocycles. The van der Waals surface area contributed by atoms with Crippen LogP contribution in [-0.2, 0) is 9.31 Å². The molecule has 0 radical (unpaired) electrons. The second-order valence-electron chi connectivity index (χ2n) is 10.6. The summed E-state index contributed by atoms with van der Waals surface area (Å²) in [6.45, 7) is 5.59. The van der Waals surface area contributed by atoms with Crippen LogP contribution >= 0.6 is 0 Å². The van der Waals surface area contributed by atoms with Gasteiger partial charge in [-0.05, 0) is 59.4 Å². The van der Waals surface area contributed by atoms with Crippen LogP contribution in [0.4, 0.5) is 13.2 Å². The van der Waals surface area contributed by atoms with Gasteiger partial charge in [0.2, 0.25) is 0 Å². The third-order valence-corrected chi connectivity index (χ3v) is 7.53. The number of nitrogens with zero attached hydrogens (tertiary/aromatic N) is 3. The Labute approximate surface area is 229 Å². The number of hydrogen-bond acceptors (Lipinski definition) is 9. The molecule has 216 valence electrons. The van der Waals surface area contributed by atoms with Crippen molar-refractivity contribution in [1.29, 1.82) is 0 Å². The first-order valence-electron chi connectivity index (χ1n) is 12.5. The first-order valence-corrected chi connectivity index (χ1v) is 12.5. The smallest absolute Gasteiger partial charge is 0.433 e. The van der Waals surface area contributed by atoms with Crippen molar-refractivity contribution in [2.75, 3.05) is 7.05 Å². The normalized spacial score (nSPS) is 17.7. The number of para-hydroxylation sites is 1. The summed E-state index contributed by atoms with van der Waals surface area (Å²) in [5.41, 5.74) is -1.62. The SMILES string of the molecule is CC[C@H](c1nc2cc(F)c(B3OC(C)(C)C(C)(C)O3)cc2n1-c1c(C=O)cccc1OC(F)F)N(C)C(O)(O)O. The predicted molar refractivity (Wildman–Crippen MR) is 139 cm³/mol. The van der Waals surface area contributed by atoms with Gasteiger partial charge >= 0.3 is 19.8 Å². The van der Waals surface area contributed by atoms with Gasteiger partial charge in [0.15, 0.2) is 12.0 Å². The molecule has 1 fully saturated rings. The maximum Gasteiger partial charge on any atom is 0.497 e. The van der Waals surface area contributed by atoms with E-state index < -0.39 is 42.9 Å². The fourth-order valence-corrected chi connectivity index (χ4v) is 4.65. The van der Waals surface area contributed by atoms with Crippen LogP contribution in [0.25, 0.3) is 16.7 Å². The highest BCUT2D eigenvalue weighted by Crippen LogP contribution is 2.39. The summed E-state index contributed by atoms with van der Waals surface area (Å²) in [4.78, 5) is 17.4. The van der Waals surface area contributed by atoms with Crippen LogP contribution in [0.1, 0.15) is 63.3 Å². The molecule has 4 rings (SSSR count). The number of aromatic nitrogens is 2. The molecule has 0 unspecified atom stereocenters. The van der Waals surface area contributed by atoms with Gasteiger partial charge in [0.1, 0.15) is 17.3 Å². The first kappa shape index (κ1) is 30.0. The summed E-state index contributed by atoms with van der Waals surface area (Å²) in [6, 6.07) is 5.34. The molecule has 1 aromatic heterocycles. The number of fused-ring (bicyclic) bond motifs is 1. The van der Waals surface area contributed by atoms with Crippen molar-refractivity contribution in [3.63, 3.8) is 0 Å². The Morgan fingerprint density at radius 2 is 1.80 bits per heavy atom. The summed E-state index contributed by atoms with van der Waals surface area (Å²) < 4.78 is 60.5. The average Bonchev–Trinajstić information content (AvgIpc) is 3.29. The van der Waals surface area contributed by atoms with Gasteiger partial charge in [0.05, 0.1) is 28.3 Å². The molecule has 0 aliphatic carbocycles. The average molecular weight is 565 g/mol. The van der Waals surface area contributed by atoms with Crippen molar-refractivity contribution in [1.82, 2.24) is 14.5 Å². The van der Waals surface area contributed by atoms with Gasteiger partial charge in [0, 0.05) is 17.1 Å². The lowest BCUT2D eigenvalue weighted by Gasteiger charge is -2.33. The molecule has 2 heterocycles. The minimum absolute atomic E-state index is 0.0130. The molecule has 0 amide bonds. The van der Waals surface area contributed by atoms with E-state index in [9.17, 15) is 28.9 Å².